The van der Waals surface area contributed by atoms with E-state index in [1.165, 1.54) is 15.1 Å². The average molecular weight is 310 g/mol. The number of nitrogens with zero attached hydrogens (tertiary/aromatic N) is 4. The van der Waals surface area contributed by atoms with Crippen LogP contribution in [0.15, 0.2) is 6.07 Å². The molecule has 0 atom stereocenters. The van der Waals surface area contributed by atoms with Gasteiger partial charge in [0.05, 0.1) is 4.88 Å². The largest absolute Gasteiger partial charge is 0.479 e. The summed E-state index contributed by atoms with van der Waals surface area (Å²) in [6.07, 6.45) is 1.06. The van der Waals surface area contributed by atoms with Crippen molar-refractivity contribution in [2.75, 3.05) is 5.75 Å². The number of aliphatic carboxylic acids is 1. The minimum absolute atomic E-state index is 0.529. The molecule has 2 aromatic heterocycles. The van der Waals surface area contributed by atoms with Gasteiger partial charge in [-0.2, -0.15) is 11.8 Å². The summed E-state index contributed by atoms with van der Waals surface area (Å²) < 4.78 is 1.39. The van der Waals surface area contributed by atoms with Gasteiger partial charge in [-0.15, -0.1) is 16.4 Å². The van der Waals surface area contributed by atoms with Crippen LogP contribution in [-0.2, 0) is 22.5 Å². The number of tetrazole rings is 1. The van der Waals surface area contributed by atoms with Crippen molar-refractivity contribution < 1.29 is 9.90 Å². The van der Waals surface area contributed by atoms with Gasteiger partial charge in [-0.3, -0.25) is 0 Å². The number of aryl methyl sites for hydroxylation is 1. The van der Waals surface area contributed by atoms with E-state index in [1.54, 1.807) is 25.2 Å². The molecule has 106 valence electrons. The van der Waals surface area contributed by atoms with E-state index in [-0.39, 0.29) is 0 Å². The van der Waals surface area contributed by atoms with Crippen LogP contribution in [0.25, 0.3) is 10.7 Å². The molecule has 6 nitrogen and oxygen atoms in total. The molecule has 0 fully saturated rings. The maximum absolute atomic E-state index is 11.4. The van der Waals surface area contributed by atoms with E-state index in [2.05, 4.69) is 21.6 Å². The second-order valence-electron chi connectivity index (χ2n) is 5.14. The number of thioether (sulfide) groups is 1. The molecule has 0 unspecified atom stereocenters. The highest BCUT2D eigenvalue weighted by molar-refractivity contribution is 7.98. The summed E-state index contributed by atoms with van der Waals surface area (Å²) in [4.78, 5) is 13.7. The van der Waals surface area contributed by atoms with Crippen molar-refractivity contribution in [2.45, 2.75) is 31.6 Å². The smallest absolute Gasteiger partial charge is 0.331 e. The van der Waals surface area contributed by atoms with Crippen LogP contribution >= 0.6 is 23.1 Å². The van der Waals surface area contributed by atoms with Crippen molar-refractivity contribution in [1.29, 1.82) is 0 Å². The molecule has 0 amide bonds. The van der Waals surface area contributed by atoms with Gasteiger partial charge in [0.1, 0.15) is 0 Å². The molecule has 3 rings (SSSR count). The SMILES string of the molecule is CC(C)(C(=O)O)n1nnnc1-c1cc2c(s1)CCSC2. The van der Waals surface area contributed by atoms with E-state index in [4.69, 9.17) is 0 Å². The predicted octanol–water partition coefficient (Wildman–Crippen LogP) is 2.01. The summed E-state index contributed by atoms with van der Waals surface area (Å²) in [6.45, 7) is 3.19. The van der Waals surface area contributed by atoms with E-state index in [1.807, 2.05) is 11.8 Å². The highest BCUT2D eigenvalue weighted by Crippen LogP contribution is 2.37. The third-order valence-electron chi connectivity index (χ3n) is 3.37. The number of hydrogen-bond donors (Lipinski definition) is 1. The number of aromatic nitrogens is 4. The Bertz CT molecular complexity index is 639. The van der Waals surface area contributed by atoms with Crippen molar-refractivity contribution in [1.82, 2.24) is 20.2 Å². The molecule has 0 aliphatic carbocycles. The van der Waals surface area contributed by atoms with Gasteiger partial charge in [0.25, 0.3) is 0 Å². The number of rotatable bonds is 3. The molecular weight excluding hydrogens is 296 g/mol. The number of thiophene rings is 1. The number of hydrogen-bond acceptors (Lipinski definition) is 6. The summed E-state index contributed by atoms with van der Waals surface area (Å²) in [5.74, 6) is 1.72. The molecule has 0 spiro atoms. The molecule has 0 bridgehead atoms. The van der Waals surface area contributed by atoms with Gasteiger partial charge in [0, 0.05) is 10.6 Å². The van der Waals surface area contributed by atoms with Gasteiger partial charge in [-0.1, -0.05) is 0 Å². The van der Waals surface area contributed by atoms with Gasteiger partial charge in [-0.25, -0.2) is 9.48 Å². The normalized spacial score (nSPS) is 15.1. The van der Waals surface area contributed by atoms with Crippen molar-refractivity contribution >= 4 is 29.1 Å². The fraction of sp³-hybridized carbons (Fsp3) is 0.500. The second kappa shape index (κ2) is 4.85. The highest BCUT2D eigenvalue weighted by Gasteiger charge is 2.34. The highest BCUT2D eigenvalue weighted by atomic mass is 32.2. The summed E-state index contributed by atoms with van der Waals surface area (Å²) in [6, 6.07) is 2.09. The Hall–Kier alpha value is -1.41. The first kappa shape index (κ1) is 13.6. The molecule has 8 heteroatoms. The first-order chi connectivity index (χ1) is 9.50. The molecule has 1 aliphatic heterocycles. The third kappa shape index (κ3) is 2.12. The monoisotopic (exact) mass is 310 g/mol. The predicted molar refractivity (Wildman–Crippen MR) is 78.0 cm³/mol. The lowest BCUT2D eigenvalue weighted by Gasteiger charge is -2.19. The van der Waals surface area contributed by atoms with Gasteiger partial charge in [-0.05, 0) is 48.1 Å². The summed E-state index contributed by atoms with van der Waals surface area (Å²) in [5.41, 5.74) is 0.155. The zero-order valence-electron chi connectivity index (χ0n) is 11.2. The molecular formula is C12H14N4O2S2. The van der Waals surface area contributed by atoms with E-state index in [0.29, 0.717) is 5.82 Å². The molecule has 0 aromatic carbocycles. The van der Waals surface area contributed by atoms with Crippen LogP contribution in [-0.4, -0.2) is 37.0 Å². The Morgan fingerprint density at radius 1 is 1.50 bits per heavy atom. The van der Waals surface area contributed by atoms with Crippen LogP contribution in [0.3, 0.4) is 0 Å². The lowest BCUT2D eigenvalue weighted by Crippen LogP contribution is -2.37. The molecule has 0 saturated carbocycles. The Morgan fingerprint density at radius 2 is 2.30 bits per heavy atom. The molecule has 0 saturated heterocycles. The van der Waals surface area contributed by atoms with E-state index in [9.17, 15) is 9.90 Å². The van der Waals surface area contributed by atoms with Crippen molar-refractivity contribution in [3.05, 3.63) is 16.5 Å². The van der Waals surface area contributed by atoms with Crippen LogP contribution in [0.1, 0.15) is 24.3 Å². The average Bonchev–Trinajstić information content (AvgIpc) is 3.04. The lowest BCUT2D eigenvalue weighted by atomic mass is 10.1. The fourth-order valence-corrected chi connectivity index (χ4v) is 4.41. The quantitative estimate of drug-likeness (QED) is 0.934. The van der Waals surface area contributed by atoms with Crippen molar-refractivity contribution in [2.24, 2.45) is 0 Å². The maximum Gasteiger partial charge on any atom is 0.331 e. The lowest BCUT2D eigenvalue weighted by molar-refractivity contribution is -0.146. The topological polar surface area (TPSA) is 80.9 Å². The van der Waals surface area contributed by atoms with Gasteiger partial charge in [0.2, 0.25) is 0 Å². The summed E-state index contributed by atoms with van der Waals surface area (Å²) in [7, 11) is 0. The Labute approximate surface area is 124 Å². The second-order valence-corrected chi connectivity index (χ2v) is 7.38. The van der Waals surface area contributed by atoms with Crippen LogP contribution in [0.4, 0.5) is 0 Å². The number of fused-ring (bicyclic) bond motifs is 1. The molecule has 1 aliphatic rings. The van der Waals surface area contributed by atoms with Crippen molar-refractivity contribution in [3.63, 3.8) is 0 Å². The Balaban J connectivity index is 2.06. The van der Waals surface area contributed by atoms with Crippen molar-refractivity contribution in [3.8, 4) is 10.7 Å². The third-order valence-corrected chi connectivity index (χ3v) is 5.61. The molecule has 0 radical (unpaired) electrons. The first-order valence-electron chi connectivity index (χ1n) is 6.22. The van der Waals surface area contributed by atoms with E-state index >= 15 is 0 Å². The zero-order valence-corrected chi connectivity index (χ0v) is 12.8. The Kier molecular flexibility index (Phi) is 3.29. The van der Waals surface area contributed by atoms with Crippen LogP contribution in [0, 0.1) is 0 Å². The number of carbonyl (C=O) groups is 1. The summed E-state index contributed by atoms with van der Waals surface area (Å²) in [5, 5.41) is 20.9. The van der Waals surface area contributed by atoms with Gasteiger partial charge >= 0.3 is 5.97 Å². The minimum atomic E-state index is -1.17. The van der Waals surface area contributed by atoms with E-state index in [0.717, 1.165) is 22.8 Å². The van der Waals surface area contributed by atoms with Gasteiger partial charge in [0.15, 0.2) is 11.4 Å². The minimum Gasteiger partial charge on any atom is -0.479 e. The molecule has 2 aromatic rings. The molecule has 20 heavy (non-hydrogen) atoms. The molecule has 3 heterocycles. The first-order valence-corrected chi connectivity index (χ1v) is 8.19. The summed E-state index contributed by atoms with van der Waals surface area (Å²) >= 11 is 3.58. The van der Waals surface area contributed by atoms with E-state index < -0.39 is 11.5 Å². The fourth-order valence-electron chi connectivity index (χ4n) is 2.07. The number of carboxylic acids is 1. The van der Waals surface area contributed by atoms with Gasteiger partial charge < -0.3 is 5.11 Å². The van der Waals surface area contributed by atoms with Crippen LogP contribution < -0.4 is 0 Å². The van der Waals surface area contributed by atoms with Crippen LogP contribution in [0.2, 0.25) is 0 Å². The number of carboxylic acid groups (broad SMARTS) is 1. The standard InChI is InChI=1S/C12H14N4O2S2/c1-12(2,11(17)18)16-10(13-14-15-16)9-5-7-6-19-4-3-8(7)20-9/h5H,3-4,6H2,1-2H3,(H,17,18). The zero-order chi connectivity index (χ0) is 14.3. The molecule has 1 N–H and O–H groups in total. The maximum atomic E-state index is 11.4. The Morgan fingerprint density at radius 3 is 3.00 bits per heavy atom. The van der Waals surface area contributed by atoms with Crippen LogP contribution in [0.5, 0.6) is 0 Å².